The van der Waals surface area contributed by atoms with Crippen LogP contribution >= 0.6 is 24.8 Å². The monoisotopic (exact) mass is 408 g/mol. The molecular formula is C18H34Cl2N4O2. The van der Waals surface area contributed by atoms with Crippen molar-refractivity contribution < 1.29 is 9.59 Å². The Morgan fingerprint density at radius 1 is 1.15 bits per heavy atom. The summed E-state index contributed by atoms with van der Waals surface area (Å²) >= 11 is 0. The highest BCUT2D eigenvalue weighted by Gasteiger charge is 2.39. The number of amides is 2. The van der Waals surface area contributed by atoms with Gasteiger partial charge in [-0.2, -0.15) is 0 Å². The van der Waals surface area contributed by atoms with Gasteiger partial charge < -0.3 is 15.1 Å². The van der Waals surface area contributed by atoms with E-state index in [2.05, 4.69) is 17.1 Å². The van der Waals surface area contributed by atoms with Crippen LogP contribution in [0.5, 0.6) is 0 Å². The molecular weight excluding hydrogens is 375 g/mol. The van der Waals surface area contributed by atoms with E-state index in [9.17, 15) is 9.59 Å². The van der Waals surface area contributed by atoms with E-state index in [0.29, 0.717) is 25.0 Å². The lowest BCUT2D eigenvalue weighted by Gasteiger charge is -2.33. The molecule has 2 atom stereocenters. The third-order valence-corrected chi connectivity index (χ3v) is 6.12. The number of hydrogen-bond acceptors (Lipinski definition) is 4. The summed E-state index contributed by atoms with van der Waals surface area (Å²) in [6, 6.07) is 1.01. The molecule has 1 N–H and O–H groups in total. The fraction of sp³-hybridized carbons (Fsp3) is 0.889. The largest absolute Gasteiger partial charge is 0.342 e. The Bertz CT molecular complexity index is 472. The van der Waals surface area contributed by atoms with Crippen molar-refractivity contribution in [1.29, 1.82) is 0 Å². The van der Waals surface area contributed by atoms with Gasteiger partial charge in [-0.05, 0) is 45.8 Å². The standard InChI is InChI=1S/C18H32N4O2.2ClH/c1-3-20-8-4-5-16(20)13-22-12-14(11-17(22)23)18(24)21-9-6-15(19-2)7-10-21;;/h14-16,19H,3-13H2,1-2H3;2*1H. The first-order valence-corrected chi connectivity index (χ1v) is 9.60. The molecule has 0 aromatic rings. The van der Waals surface area contributed by atoms with Crippen molar-refractivity contribution in [3.8, 4) is 0 Å². The van der Waals surface area contributed by atoms with E-state index in [1.807, 2.05) is 16.8 Å². The normalized spacial score (nSPS) is 27.4. The molecule has 6 nitrogen and oxygen atoms in total. The predicted molar refractivity (Wildman–Crippen MR) is 108 cm³/mol. The van der Waals surface area contributed by atoms with E-state index in [1.54, 1.807) is 0 Å². The minimum atomic E-state index is -0.125. The molecule has 0 aromatic heterocycles. The maximum Gasteiger partial charge on any atom is 0.227 e. The van der Waals surface area contributed by atoms with Crippen LogP contribution in [-0.2, 0) is 9.59 Å². The highest BCUT2D eigenvalue weighted by molar-refractivity contribution is 5.89. The summed E-state index contributed by atoms with van der Waals surface area (Å²) in [6.07, 6.45) is 4.83. The minimum Gasteiger partial charge on any atom is -0.342 e. The molecule has 0 aromatic carbocycles. The van der Waals surface area contributed by atoms with Crippen molar-refractivity contribution in [2.24, 2.45) is 5.92 Å². The van der Waals surface area contributed by atoms with Gasteiger partial charge in [0.25, 0.3) is 0 Å². The molecule has 3 saturated heterocycles. The van der Waals surface area contributed by atoms with Crippen molar-refractivity contribution in [2.45, 2.75) is 51.1 Å². The van der Waals surface area contributed by atoms with Gasteiger partial charge in [-0.25, -0.2) is 0 Å². The number of hydrogen-bond donors (Lipinski definition) is 1. The van der Waals surface area contributed by atoms with Crippen LogP contribution < -0.4 is 5.32 Å². The van der Waals surface area contributed by atoms with E-state index in [-0.39, 0.29) is 42.5 Å². The van der Waals surface area contributed by atoms with E-state index in [4.69, 9.17) is 0 Å². The molecule has 152 valence electrons. The van der Waals surface area contributed by atoms with Crippen LogP contribution in [-0.4, -0.2) is 84.9 Å². The quantitative estimate of drug-likeness (QED) is 0.746. The van der Waals surface area contributed by atoms with E-state index >= 15 is 0 Å². The molecule has 3 fully saturated rings. The Kier molecular flexibility index (Phi) is 9.65. The molecule has 0 aliphatic carbocycles. The second-order valence-electron chi connectivity index (χ2n) is 7.51. The van der Waals surface area contributed by atoms with Gasteiger partial charge in [0.2, 0.25) is 11.8 Å². The summed E-state index contributed by atoms with van der Waals surface area (Å²) in [6.45, 7) is 7.45. The van der Waals surface area contributed by atoms with E-state index < -0.39 is 0 Å². The summed E-state index contributed by atoms with van der Waals surface area (Å²) < 4.78 is 0. The number of likely N-dealkylation sites (tertiary alicyclic amines) is 3. The van der Waals surface area contributed by atoms with Crippen molar-refractivity contribution in [1.82, 2.24) is 20.0 Å². The lowest BCUT2D eigenvalue weighted by atomic mass is 10.0. The molecule has 3 heterocycles. The zero-order chi connectivity index (χ0) is 17.1. The van der Waals surface area contributed by atoms with Crippen molar-refractivity contribution in [2.75, 3.05) is 46.3 Å². The predicted octanol–water partition coefficient (Wildman–Crippen LogP) is 1.37. The number of nitrogens with zero attached hydrogens (tertiary/aromatic N) is 3. The van der Waals surface area contributed by atoms with Crippen LogP contribution in [0.25, 0.3) is 0 Å². The number of piperidine rings is 1. The van der Waals surface area contributed by atoms with Gasteiger partial charge in [-0.3, -0.25) is 14.5 Å². The first-order valence-electron chi connectivity index (χ1n) is 9.60. The smallest absolute Gasteiger partial charge is 0.227 e. The molecule has 0 bridgehead atoms. The maximum absolute atomic E-state index is 12.8. The molecule has 8 heteroatoms. The summed E-state index contributed by atoms with van der Waals surface area (Å²) in [7, 11) is 1.98. The van der Waals surface area contributed by atoms with Crippen molar-refractivity contribution in [3.63, 3.8) is 0 Å². The first-order chi connectivity index (χ1) is 11.6. The first kappa shape index (κ1) is 23.5. The van der Waals surface area contributed by atoms with Gasteiger partial charge in [0.15, 0.2) is 0 Å². The average molecular weight is 409 g/mol. The number of halogens is 2. The van der Waals surface area contributed by atoms with E-state index in [0.717, 1.165) is 45.6 Å². The van der Waals surface area contributed by atoms with Gasteiger partial charge in [-0.1, -0.05) is 6.92 Å². The molecule has 0 spiro atoms. The van der Waals surface area contributed by atoms with Gasteiger partial charge in [0, 0.05) is 44.7 Å². The molecule has 3 aliphatic rings. The lowest BCUT2D eigenvalue weighted by molar-refractivity contribution is -0.136. The summed E-state index contributed by atoms with van der Waals surface area (Å²) in [5.41, 5.74) is 0. The number of carbonyl (C=O) groups excluding carboxylic acids is 2. The Labute approximate surface area is 169 Å². The van der Waals surface area contributed by atoms with Gasteiger partial charge >= 0.3 is 0 Å². The van der Waals surface area contributed by atoms with Gasteiger partial charge in [-0.15, -0.1) is 24.8 Å². The van der Waals surface area contributed by atoms with Crippen LogP contribution in [0.1, 0.15) is 39.0 Å². The average Bonchev–Trinajstić information content (AvgIpc) is 3.21. The highest BCUT2D eigenvalue weighted by atomic mass is 35.5. The van der Waals surface area contributed by atoms with E-state index in [1.165, 1.54) is 12.8 Å². The van der Waals surface area contributed by atoms with Crippen LogP contribution in [0.2, 0.25) is 0 Å². The summed E-state index contributed by atoms with van der Waals surface area (Å²) in [4.78, 5) is 31.5. The van der Waals surface area contributed by atoms with Gasteiger partial charge in [0.1, 0.15) is 0 Å². The zero-order valence-electron chi connectivity index (χ0n) is 16.0. The topological polar surface area (TPSA) is 55.9 Å². The molecule has 0 saturated carbocycles. The SMILES string of the molecule is CCN1CCCC1CN1CC(C(=O)N2CCC(NC)CC2)CC1=O.Cl.Cl. The summed E-state index contributed by atoms with van der Waals surface area (Å²) in [5.74, 6) is 0.237. The second-order valence-corrected chi connectivity index (χ2v) is 7.51. The van der Waals surface area contributed by atoms with Crippen molar-refractivity contribution in [3.05, 3.63) is 0 Å². The minimum absolute atomic E-state index is 0. The number of rotatable bonds is 5. The fourth-order valence-electron chi connectivity index (χ4n) is 4.53. The van der Waals surface area contributed by atoms with Crippen LogP contribution in [0.4, 0.5) is 0 Å². The summed E-state index contributed by atoms with van der Waals surface area (Å²) in [5, 5.41) is 3.29. The Hall–Kier alpha value is -0.560. The fourth-order valence-corrected chi connectivity index (χ4v) is 4.53. The Morgan fingerprint density at radius 2 is 1.85 bits per heavy atom. The number of nitrogens with one attached hydrogen (secondary N) is 1. The van der Waals surface area contributed by atoms with Gasteiger partial charge in [0.05, 0.1) is 5.92 Å². The molecule has 2 amide bonds. The number of carbonyl (C=O) groups is 2. The third kappa shape index (κ3) is 5.24. The highest BCUT2D eigenvalue weighted by Crippen LogP contribution is 2.25. The Morgan fingerprint density at radius 3 is 2.46 bits per heavy atom. The maximum atomic E-state index is 12.8. The molecule has 2 unspecified atom stereocenters. The Balaban J connectivity index is 0.00000169. The molecule has 26 heavy (non-hydrogen) atoms. The van der Waals surface area contributed by atoms with Crippen molar-refractivity contribution >= 4 is 36.6 Å². The lowest BCUT2D eigenvalue weighted by Crippen LogP contribution is -2.46. The van der Waals surface area contributed by atoms with Crippen LogP contribution in [0.15, 0.2) is 0 Å². The number of likely N-dealkylation sites (N-methyl/N-ethyl adjacent to an activating group) is 1. The molecule has 3 aliphatic heterocycles. The van der Waals surface area contributed by atoms with Crippen LogP contribution in [0, 0.1) is 5.92 Å². The molecule has 3 rings (SSSR count). The third-order valence-electron chi connectivity index (χ3n) is 6.12. The molecule has 0 radical (unpaired) electrons. The second kappa shape index (κ2) is 10.7. The zero-order valence-corrected chi connectivity index (χ0v) is 17.6. The van der Waals surface area contributed by atoms with Crippen LogP contribution in [0.3, 0.4) is 0 Å².